The molecule has 0 aliphatic carbocycles. The molecule has 1 nitrogen and oxygen atoms in total. The Labute approximate surface area is 87.9 Å². The van der Waals surface area contributed by atoms with E-state index in [9.17, 15) is 5.11 Å². The molecule has 0 bridgehead atoms. The van der Waals surface area contributed by atoms with E-state index in [0.717, 1.165) is 23.7 Å². The minimum atomic E-state index is -0.160. The fourth-order valence-corrected chi connectivity index (χ4v) is 1.71. The van der Waals surface area contributed by atoms with Gasteiger partial charge in [0.15, 0.2) is 0 Å². The Hall–Kier alpha value is -0.340. The molecule has 0 aliphatic rings. The van der Waals surface area contributed by atoms with E-state index in [1.54, 1.807) is 0 Å². The van der Waals surface area contributed by atoms with Gasteiger partial charge in [0.05, 0.1) is 6.10 Å². The van der Waals surface area contributed by atoms with Gasteiger partial charge in [0.1, 0.15) is 0 Å². The van der Waals surface area contributed by atoms with Crippen LogP contribution in [0.15, 0.2) is 28.7 Å². The highest BCUT2D eigenvalue weighted by Crippen LogP contribution is 2.18. The number of rotatable bonds is 4. The summed E-state index contributed by atoms with van der Waals surface area (Å²) >= 11 is 3.49. The highest BCUT2D eigenvalue weighted by molar-refractivity contribution is 9.10. The molecule has 1 aromatic carbocycles. The quantitative estimate of drug-likeness (QED) is 0.861. The molecule has 0 heterocycles. The van der Waals surface area contributed by atoms with Crippen molar-refractivity contribution >= 4 is 15.9 Å². The summed E-state index contributed by atoms with van der Waals surface area (Å²) in [5, 5.41) is 9.39. The van der Waals surface area contributed by atoms with Crippen LogP contribution in [-0.2, 0) is 6.42 Å². The summed E-state index contributed by atoms with van der Waals surface area (Å²) in [5.41, 5.74) is 1.27. The lowest BCUT2D eigenvalue weighted by Crippen LogP contribution is -2.05. The summed E-state index contributed by atoms with van der Waals surface area (Å²) in [6.45, 7) is 2.00. The van der Waals surface area contributed by atoms with Crippen LogP contribution in [0.5, 0.6) is 0 Å². The Balaban J connectivity index is 2.50. The first-order valence-corrected chi connectivity index (χ1v) is 5.44. The van der Waals surface area contributed by atoms with Gasteiger partial charge in [-0.1, -0.05) is 41.1 Å². The van der Waals surface area contributed by atoms with Gasteiger partial charge < -0.3 is 5.11 Å². The minimum Gasteiger partial charge on any atom is -0.393 e. The Kier molecular flexibility index (Phi) is 4.46. The molecule has 0 saturated heterocycles. The van der Waals surface area contributed by atoms with Crippen molar-refractivity contribution in [1.29, 1.82) is 0 Å². The van der Waals surface area contributed by atoms with Gasteiger partial charge >= 0.3 is 0 Å². The SMILES string of the molecule is CCC(O)CCc1ccccc1Br. The molecule has 1 unspecified atom stereocenters. The van der Waals surface area contributed by atoms with E-state index in [4.69, 9.17) is 0 Å². The molecule has 2 heteroatoms. The van der Waals surface area contributed by atoms with Crippen LogP contribution < -0.4 is 0 Å². The van der Waals surface area contributed by atoms with E-state index in [1.165, 1.54) is 5.56 Å². The van der Waals surface area contributed by atoms with Gasteiger partial charge in [0.25, 0.3) is 0 Å². The third kappa shape index (κ3) is 3.49. The van der Waals surface area contributed by atoms with Gasteiger partial charge in [-0.2, -0.15) is 0 Å². The molecule has 0 amide bonds. The number of halogens is 1. The molecule has 0 radical (unpaired) electrons. The second-order valence-corrected chi connectivity index (χ2v) is 4.05. The second kappa shape index (κ2) is 5.40. The van der Waals surface area contributed by atoms with Crippen molar-refractivity contribution in [3.8, 4) is 0 Å². The molecule has 0 aromatic heterocycles. The van der Waals surface area contributed by atoms with Crippen LogP contribution >= 0.6 is 15.9 Å². The summed E-state index contributed by atoms with van der Waals surface area (Å²) in [6.07, 6.45) is 2.46. The van der Waals surface area contributed by atoms with Gasteiger partial charge in [-0.3, -0.25) is 0 Å². The molecule has 0 aliphatic heterocycles. The predicted octanol–water partition coefficient (Wildman–Crippen LogP) is 3.15. The second-order valence-electron chi connectivity index (χ2n) is 3.19. The van der Waals surface area contributed by atoms with Crippen LogP contribution in [-0.4, -0.2) is 11.2 Å². The Morgan fingerprint density at radius 1 is 1.38 bits per heavy atom. The number of aryl methyl sites for hydroxylation is 1. The number of aliphatic hydroxyl groups excluding tert-OH is 1. The van der Waals surface area contributed by atoms with E-state index in [0.29, 0.717) is 0 Å². The lowest BCUT2D eigenvalue weighted by Gasteiger charge is -2.08. The smallest absolute Gasteiger partial charge is 0.0540 e. The van der Waals surface area contributed by atoms with Crippen molar-refractivity contribution in [3.63, 3.8) is 0 Å². The minimum absolute atomic E-state index is 0.160. The summed E-state index contributed by atoms with van der Waals surface area (Å²) in [7, 11) is 0. The van der Waals surface area contributed by atoms with Gasteiger partial charge in [-0.15, -0.1) is 0 Å². The van der Waals surface area contributed by atoms with Gasteiger partial charge in [0.2, 0.25) is 0 Å². The Morgan fingerprint density at radius 3 is 2.69 bits per heavy atom. The zero-order chi connectivity index (χ0) is 9.68. The third-order valence-corrected chi connectivity index (χ3v) is 2.95. The molecule has 72 valence electrons. The average molecular weight is 243 g/mol. The van der Waals surface area contributed by atoms with Crippen LogP contribution in [0.25, 0.3) is 0 Å². The zero-order valence-corrected chi connectivity index (χ0v) is 9.42. The molecule has 0 saturated carbocycles. The molecule has 0 fully saturated rings. The monoisotopic (exact) mass is 242 g/mol. The molecule has 1 atom stereocenters. The van der Waals surface area contributed by atoms with Gasteiger partial charge in [-0.25, -0.2) is 0 Å². The first kappa shape index (κ1) is 10.7. The highest BCUT2D eigenvalue weighted by atomic mass is 79.9. The lowest BCUT2D eigenvalue weighted by atomic mass is 10.1. The Morgan fingerprint density at radius 2 is 2.08 bits per heavy atom. The van der Waals surface area contributed by atoms with Gasteiger partial charge in [0, 0.05) is 4.47 Å². The van der Waals surface area contributed by atoms with E-state index < -0.39 is 0 Å². The lowest BCUT2D eigenvalue weighted by molar-refractivity contribution is 0.160. The molecule has 1 aromatic rings. The average Bonchev–Trinajstić information content (AvgIpc) is 2.16. The van der Waals surface area contributed by atoms with E-state index in [-0.39, 0.29) is 6.10 Å². The third-order valence-electron chi connectivity index (χ3n) is 2.18. The number of hydrogen-bond acceptors (Lipinski definition) is 1. The predicted molar refractivity (Wildman–Crippen MR) is 58.8 cm³/mol. The fraction of sp³-hybridized carbons (Fsp3) is 0.455. The molecular formula is C11H15BrO. The van der Waals surface area contributed by atoms with Crippen molar-refractivity contribution in [2.75, 3.05) is 0 Å². The summed E-state index contributed by atoms with van der Waals surface area (Å²) < 4.78 is 1.14. The summed E-state index contributed by atoms with van der Waals surface area (Å²) in [5.74, 6) is 0. The maximum atomic E-state index is 9.39. The van der Waals surface area contributed by atoms with Crippen molar-refractivity contribution in [3.05, 3.63) is 34.3 Å². The maximum absolute atomic E-state index is 9.39. The topological polar surface area (TPSA) is 20.2 Å². The fourth-order valence-electron chi connectivity index (χ4n) is 1.23. The zero-order valence-electron chi connectivity index (χ0n) is 7.83. The van der Waals surface area contributed by atoms with Gasteiger partial charge in [-0.05, 0) is 30.9 Å². The summed E-state index contributed by atoms with van der Waals surface area (Å²) in [4.78, 5) is 0. The highest BCUT2D eigenvalue weighted by Gasteiger charge is 2.03. The van der Waals surface area contributed by atoms with Crippen molar-refractivity contribution in [1.82, 2.24) is 0 Å². The maximum Gasteiger partial charge on any atom is 0.0540 e. The largest absolute Gasteiger partial charge is 0.393 e. The van der Waals surface area contributed by atoms with E-state index >= 15 is 0 Å². The summed E-state index contributed by atoms with van der Waals surface area (Å²) in [6, 6.07) is 8.16. The number of hydrogen-bond donors (Lipinski definition) is 1. The normalized spacial score (nSPS) is 12.8. The van der Waals surface area contributed by atoms with Crippen LogP contribution in [0.1, 0.15) is 25.3 Å². The molecule has 1 rings (SSSR count). The van der Waals surface area contributed by atoms with Crippen molar-refractivity contribution in [2.45, 2.75) is 32.3 Å². The van der Waals surface area contributed by atoms with Crippen LogP contribution in [0.3, 0.4) is 0 Å². The molecule has 0 spiro atoms. The standard InChI is InChI=1S/C11H15BrO/c1-2-10(13)8-7-9-5-3-4-6-11(9)12/h3-6,10,13H,2,7-8H2,1H3. The first-order chi connectivity index (χ1) is 6.24. The van der Waals surface area contributed by atoms with E-state index in [2.05, 4.69) is 22.0 Å². The number of aliphatic hydroxyl groups is 1. The molecule has 1 N–H and O–H groups in total. The first-order valence-electron chi connectivity index (χ1n) is 4.65. The van der Waals surface area contributed by atoms with Crippen LogP contribution in [0, 0.1) is 0 Å². The van der Waals surface area contributed by atoms with Crippen molar-refractivity contribution < 1.29 is 5.11 Å². The Bertz CT molecular complexity index is 260. The van der Waals surface area contributed by atoms with Crippen LogP contribution in [0.2, 0.25) is 0 Å². The van der Waals surface area contributed by atoms with E-state index in [1.807, 2.05) is 25.1 Å². The van der Waals surface area contributed by atoms with Crippen LogP contribution in [0.4, 0.5) is 0 Å². The number of benzene rings is 1. The molecular weight excluding hydrogens is 228 g/mol. The van der Waals surface area contributed by atoms with Crippen molar-refractivity contribution in [2.24, 2.45) is 0 Å². The molecule has 13 heavy (non-hydrogen) atoms.